The summed E-state index contributed by atoms with van der Waals surface area (Å²) in [5.74, 6) is 0. The van der Waals surface area contributed by atoms with Gasteiger partial charge in [-0.1, -0.05) is 6.92 Å². The van der Waals surface area contributed by atoms with E-state index in [9.17, 15) is 0 Å². The van der Waals surface area contributed by atoms with Gasteiger partial charge in [0.15, 0.2) is 5.13 Å². The van der Waals surface area contributed by atoms with Crippen molar-refractivity contribution in [3.05, 3.63) is 11.1 Å². The number of nitrogens with zero attached hydrogens (tertiary/aromatic N) is 2. The van der Waals surface area contributed by atoms with Crippen LogP contribution in [0.4, 0.5) is 5.13 Å². The molecule has 0 spiro atoms. The van der Waals surface area contributed by atoms with Crippen molar-refractivity contribution in [2.24, 2.45) is 0 Å². The van der Waals surface area contributed by atoms with Crippen LogP contribution >= 0.6 is 11.3 Å². The first-order valence-corrected chi connectivity index (χ1v) is 7.58. The summed E-state index contributed by atoms with van der Waals surface area (Å²) in [6.45, 7) is 10.3. The quantitative estimate of drug-likeness (QED) is 0.891. The van der Waals surface area contributed by atoms with E-state index < -0.39 is 0 Å². The summed E-state index contributed by atoms with van der Waals surface area (Å²) in [7, 11) is 0. The van der Waals surface area contributed by atoms with Crippen molar-refractivity contribution in [1.29, 1.82) is 0 Å². The fourth-order valence-electron chi connectivity index (χ4n) is 2.08. The van der Waals surface area contributed by atoms with Crippen LogP contribution in [0.25, 0.3) is 0 Å². The van der Waals surface area contributed by atoms with Gasteiger partial charge in [-0.05, 0) is 26.8 Å². The van der Waals surface area contributed by atoms with Crippen molar-refractivity contribution in [1.82, 2.24) is 10.3 Å². The minimum atomic E-state index is 0.307. The average Bonchev–Trinajstić information content (AvgIpc) is 2.85. The third kappa shape index (κ3) is 3.43. The summed E-state index contributed by atoms with van der Waals surface area (Å²) in [5, 5.41) is 4.63. The largest absolute Gasteiger partial charge is 0.375 e. The maximum Gasteiger partial charge on any atom is 0.185 e. The Labute approximate surface area is 113 Å². The molecule has 0 aliphatic carbocycles. The molecule has 0 saturated carbocycles. The van der Waals surface area contributed by atoms with E-state index in [-0.39, 0.29) is 0 Å². The highest BCUT2D eigenvalue weighted by molar-refractivity contribution is 7.15. The number of morpholine rings is 1. The SMILES string of the molecule is CCCNC(C)c1cnc(N2CCOC(C)C2)s1. The van der Waals surface area contributed by atoms with Crippen molar-refractivity contribution >= 4 is 16.5 Å². The molecule has 1 aliphatic heterocycles. The Kier molecular flexibility index (Phi) is 4.97. The number of hydrogen-bond acceptors (Lipinski definition) is 5. The zero-order valence-corrected chi connectivity index (χ0v) is 12.3. The third-order valence-electron chi connectivity index (χ3n) is 3.15. The summed E-state index contributed by atoms with van der Waals surface area (Å²) < 4.78 is 5.56. The van der Waals surface area contributed by atoms with Gasteiger partial charge in [-0.2, -0.15) is 0 Å². The molecule has 2 atom stereocenters. The minimum absolute atomic E-state index is 0.307. The molecule has 2 unspecified atom stereocenters. The van der Waals surface area contributed by atoms with E-state index in [0.717, 1.165) is 37.8 Å². The second-order valence-electron chi connectivity index (χ2n) is 4.85. The summed E-state index contributed by atoms with van der Waals surface area (Å²) >= 11 is 1.80. The van der Waals surface area contributed by atoms with E-state index in [4.69, 9.17) is 4.74 Å². The van der Waals surface area contributed by atoms with Gasteiger partial charge in [-0.25, -0.2) is 4.98 Å². The van der Waals surface area contributed by atoms with Crippen LogP contribution < -0.4 is 10.2 Å². The summed E-state index contributed by atoms with van der Waals surface area (Å²) in [4.78, 5) is 8.20. The Bertz CT molecular complexity index is 369. The van der Waals surface area contributed by atoms with Gasteiger partial charge in [0.1, 0.15) is 0 Å². The molecular weight excluding hydrogens is 246 g/mol. The molecule has 4 nitrogen and oxygen atoms in total. The Morgan fingerprint density at radius 1 is 1.67 bits per heavy atom. The number of hydrogen-bond donors (Lipinski definition) is 1. The lowest BCUT2D eigenvalue weighted by Gasteiger charge is -2.30. The summed E-state index contributed by atoms with van der Waals surface area (Å²) in [5.41, 5.74) is 0. The Hall–Kier alpha value is -0.650. The molecule has 0 radical (unpaired) electrons. The van der Waals surface area contributed by atoms with Gasteiger partial charge in [0.2, 0.25) is 0 Å². The summed E-state index contributed by atoms with van der Waals surface area (Å²) in [6, 6.07) is 0.398. The molecule has 1 aromatic heterocycles. The molecule has 5 heteroatoms. The monoisotopic (exact) mass is 269 g/mol. The second kappa shape index (κ2) is 6.50. The molecule has 1 aromatic rings. The Morgan fingerprint density at radius 3 is 3.22 bits per heavy atom. The van der Waals surface area contributed by atoms with Gasteiger partial charge in [-0.3, -0.25) is 0 Å². The third-order valence-corrected chi connectivity index (χ3v) is 4.39. The molecule has 1 fully saturated rings. The first kappa shape index (κ1) is 13.8. The van der Waals surface area contributed by atoms with Crippen LogP contribution in [0.15, 0.2) is 6.20 Å². The van der Waals surface area contributed by atoms with Crippen molar-refractivity contribution in [2.75, 3.05) is 31.1 Å². The van der Waals surface area contributed by atoms with Crippen LogP contribution in [0.1, 0.15) is 38.1 Å². The zero-order chi connectivity index (χ0) is 13.0. The van der Waals surface area contributed by atoms with E-state index in [1.165, 1.54) is 4.88 Å². The average molecular weight is 269 g/mol. The fourth-order valence-corrected chi connectivity index (χ4v) is 3.05. The van der Waals surface area contributed by atoms with Gasteiger partial charge in [-0.15, -0.1) is 11.3 Å². The fraction of sp³-hybridized carbons (Fsp3) is 0.769. The molecule has 18 heavy (non-hydrogen) atoms. The van der Waals surface area contributed by atoms with Crippen LogP contribution in [0.2, 0.25) is 0 Å². The maximum absolute atomic E-state index is 5.56. The molecule has 0 aromatic carbocycles. The Balaban J connectivity index is 1.96. The van der Waals surface area contributed by atoms with Crippen LogP contribution in [0, 0.1) is 0 Å². The number of thiazole rings is 1. The van der Waals surface area contributed by atoms with Crippen molar-refractivity contribution in [3.63, 3.8) is 0 Å². The maximum atomic E-state index is 5.56. The second-order valence-corrected chi connectivity index (χ2v) is 5.89. The molecule has 0 bridgehead atoms. The topological polar surface area (TPSA) is 37.4 Å². The lowest BCUT2D eigenvalue weighted by Crippen LogP contribution is -2.41. The molecule has 102 valence electrons. The van der Waals surface area contributed by atoms with Crippen LogP contribution in [-0.4, -0.2) is 37.3 Å². The zero-order valence-electron chi connectivity index (χ0n) is 11.5. The van der Waals surface area contributed by atoms with Gasteiger partial charge < -0.3 is 15.0 Å². The molecule has 2 rings (SSSR count). The first-order valence-electron chi connectivity index (χ1n) is 6.76. The highest BCUT2D eigenvalue weighted by Crippen LogP contribution is 2.28. The van der Waals surface area contributed by atoms with Crippen LogP contribution in [0.3, 0.4) is 0 Å². The van der Waals surface area contributed by atoms with Crippen molar-refractivity contribution < 1.29 is 4.74 Å². The molecule has 2 heterocycles. The minimum Gasteiger partial charge on any atom is -0.375 e. The highest BCUT2D eigenvalue weighted by atomic mass is 32.1. The van der Waals surface area contributed by atoms with E-state index in [0.29, 0.717) is 12.1 Å². The smallest absolute Gasteiger partial charge is 0.185 e. The molecule has 1 saturated heterocycles. The number of aromatic nitrogens is 1. The van der Waals surface area contributed by atoms with E-state index in [1.807, 2.05) is 6.20 Å². The summed E-state index contributed by atoms with van der Waals surface area (Å²) in [6.07, 6.45) is 3.48. The van der Waals surface area contributed by atoms with E-state index in [1.54, 1.807) is 11.3 Å². The first-order chi connectivity index (χ1) is 8.70. The van der Waals surface area contributed by atoms with Crippen LogP contribution in [0.5, 0.6) is 0 Å². The van der Waals surface area contributed by atoms with Crippen molar-refractivity contribution in [2.45, 2.75) is 39.3 Å². The number of anilines is 1. The predicted molar refractivity (Wildman–Crippen MR) is 76.4 cm³/mol. The molecule has 1 N–H and O–H groups in total. The van der Waals surface area contributed by atoms with E-state index in [2.05, 4.69) is 36.0 Å². The molecule has 0 amide bonds. The van der Waals surface area contributed by atoms with Crippen molar-refractivity contribution in [3.8, 4) is 0 Å². The van der Waals surface area contributed by atoms with Gasteiger partial charge in [0.25, 0.3) is 0 Å². The van der Waals surface area contributed by atoms with E-state index >= 15 is 0 Å². The number of rotatable bonds is 5. The highest BCUT2D eigenvalue weighted by Gasteiger charge is 2.20. The standard InChI is InChI=1S/C13H23N3OS/c1-4-5-14-11(3)12-8-15-13(18-12)16-6-7-17-10(2)9-16/h8,10-11,14H,4-7,9H2,1-3H3. The van der Waals surface area contributed by atoms with Crippen LogP contribution in [-0.2, 0) is 4.74 Å². The number of nitrogens with one attached hydrogen (secondary N) is 1. The molecule has 1 aliphatic rings. The van der Waals surface area contributed by atoms with Gasteiger partial charge >= 0.3 is 0 Å². The predicted octanol–water partition coefficient (Wildman–Crippen LogP) is 2.43. The lowest BCUT2D eigenvalue weighted by molar-refractivity contribution is 0.0532. The number of ether oxygens (including phenoxy) is 1. The van der Waals surface area contributed by atoms with Gasteiger partial charge in [0, 0.05) is 30.2 Å². The normalized spacial score (nSPS) is 22.2. The Morgan fingerprint density at radius 2 is 2.50 bits per heavy atom. The lowest BCUT2D eigenvalue weighted by atomic mass is 10.3. The van der Waals surface area contributed by atoms with Gasteiger partial charge in [0.05, 0.1) is 12.7 Å². The molecular formula is C13H23N3OS.